The third-order valence-electron chi connectivity index (χ3n) is 3.11. The van der Waals surface area contributed by atoms with Crippen molar-refractivity contribution < 1.29 is 0 Å². The van der Waals surface area contributed by atoms with Crippen LogP contribution >= 0.6 is 0 Å². The highest BCUT2D eigenvalue weighted by Crippen LogP contribution is 2.19. The van der Waals surface area contributed by atoms with E-state index < -0.39 is 0 Å². The highest BCUT2D eigenvalue weighted by atomic mass is 14.1. The zero-order chi connectivity index (χ0) is 12.2. The first kappa shape index (κ1) is 15.2. The molecule has 0 heterocycles. The molecule has 0 radical (unpaired) electrons. The molecule has 0 heteroatoms. The molecule has 0 N–H and O–H groups in total. The highest BCUT2D eigenvalue weighted by molar-refractivity contribution is 5.23. The van der Waals surface area contributed by atoms with E-state index in [0.29, 0.717) is 5.92 Å². The molecule has 1 unspecified atom stereocenters. The summed E-state index contributed by atoms with van der Waals surface area (Å²) in [7, 11) is 0. The van der Waals surface area contributed by atoms with Crippen molar-refractivity contribution in [2.24, 2.45) is 5.92 Å². The first-order valence-electron chi connectivity index (χ1n) is 6.71. The Kier molecular flexibility index (Phi) is 10.2. The Hall–Kier alpha value is -0.780. The summed E-state index contributed by atoms with van der Waals surface area (Å²) in [5, 5.41) is 0. The van der Waals surface area contributed by atoms with Gasteiger partial charge in [-0.2, -0.15) is 0 Å². The second-order valence-electron chi connectivity index (χ2n) is 4.56. The van der Waals surface area contributed by atoms with Gasteiger partial charge in [0.1, 0.15) is 0 Å². The molecular weight excluding hydrogens is 192 g/mol. The van der Waals surface area contributed by atoms with E-state index in [2.05, 4.69) is 33.1 Å². The number of hydrogen-bond acceptors (Lipinski definition) is 0. The Morgan fingerprint density at radius 1 is 1.06 bits per heavy atom. The van der Waals surface area contributed by atoms with Crippen molar-refractivity contribution in [1.29, 1.82) is 0 Å². The van der Waals surface area contributed by atoms with Crippen LogP contribution in [-0.4, -0.2) is 0 Å². The topological polar surface area (TPSA) is 0 Å². The molecule has 0 bridgehead atoms. The molecule has 0 aliphatic heterocycles. The average molecular weight is 220 g/mol. The normalized spacial score (nSPS) is 13.5. The summed E-state index contributed by atoms with van der Waals surface area (Å²) in [6, 6.07) is 0. The van der Waals surface area contributed by atoms with Gasteiger partial charge in [-0.05, 0) is 17.9 Å². The smallest absolute Gasteiger partial charge is 0.0191 e. The summed E-state index contributed by atoms with van der Waals surface area (Å²) in [6.45, 7) is 12.1. The van der Waals surface area contributed by atoms with Gasteiger partial charge >= 0.3 is 0 Å². The van der Waals surface area contributed by atoms with Gasteiger partial charge in [-0.25, -0.2) is 0 Å². The van der Waals surface area contributed by atoms with Crippen molar-refractivity contribution in [3.05, 3.63) is 37.0 Å². The van der Waals surface area contributed by atoms with Crippen molar-refractivity contribution >= 4 is 0 Å². The molecular formula is C16H28. The van der Waals surface area contributed by atoms with Gasteiger partial charge in [0, 0.05) is 0 Å². The van der Waals surface area contributed by atoms with E-state index in [-0.39, 0.29) is 0 Å². The minimum absolute atomic E-state index is 0.627. The molecule has 1 atom stereocenters. The molecule has 0 aliphatic rings. The molecule has 0 aromatic heterocycles. The average Bonchev–Trinajstić information content (AvgIpc) is 2.30. The minimum atomic E-state index is 0.627. The first-order chi connectivity index (χ1) is 7.76. The lowest BCUT2D eigenvalue weighted by atomic mass is 9.94. The lowest BCUT2D eigenvalue weighted by Crippen LogP contribution is -1.97. The van der Waals surface area contributed by atoms with Crippen LogP contribution in [0.5, 0.6) is 0 Å². The molecule has 92 valence electrons. The Morgan fingerprint density at radius 2 is 1.69 bits per heavy atom. The minimum Gasteiger partial charge on any atom is -0.0991 e. The molecule has 0 rings (SSSR count). The maximum Gasteiger partial charge on any atom is -0.0191 e. The monoisotopic (exact) mass is 220 g/mol. The van der Waals surface area contributed by atoms with E-state index in [1.54, 1.807) is 0 Å². The third-order valence-corrected chi connectivity index (χ3v) is 3.11. The van der Waals surface area contributed by atoms with E-state index in [9.17, 15) is 0 Å². The van der Waals surface area contributed by atoms with E-state index >= 15 is 0 Å². The summed E-state index contributed by atoms with van der Waals surface area (Å²) < 4.78 is 0. The quantitative estimate of drug-likeness (QED) is 0.328. The van der Waals surface area contributed by atoms with Crippen LogP contribution in [0.1, 0.15) is 58.8 Å². The fourth-order valence-corrected chi connectivity index (χ4v) is 1.97. The van der Waals surface area contributed by atoms with Crippen molar-refractivity contribution in [3.8, 4) is 0 Å². The molecule has 0 saturated heterocycles. The number of unbranched alkanes of at least 4 members (excludes halogenated alkanes) is 5. The lowest BCUT2D eigenvalue weighted by molar-refractivity contribution is 0.534. The fraction of sp³-hybridized carbons (Fsp3) is 0.625. The lowest BCUT2D eigenvalue weighted by Gasteiger charge is -2.12. The summed E-state index contributed by atoms with van der Waals surface area (Å²) >= 11 is 0. The van der Waals surface area contributed by atoms with Gasteiger partial charge in [0.25, 0.3) is 0 Å². The molecule has 0 aromatic carbocycles. The number of rotatable bonds is 10. The second kappa shape index (κ2) is 10.7. The summed E-state index contributed by atoms with van der Waals surface area (Å²) in [5.74, 6) is 0.627. The van der Waals surface area contributed by atoms with Crippen LogP contribution in [0.15, 0.2) is 37.0 Å². The molecule has 0 nitrogen and oxygen atoms in total. The SMILES string of the molecule is C=CC=C(C=C)C(C)CCCCCCCC. The zero-order valence-electron chi connectivity index (χ0n) is 11.2. The molecule has 0 amide bonds. The van der Waals surface area contributed by atoms with Crippen molar-refractivity contribution in [2.45, 2.75) is 58.8 Å². The van der Waals surface area contributed by atoms with Crippen LogP contribution in [0.2, 0.25) is 0 Å². The van der Waals surface area contributed by atoms with Crippen LogP contribution in [0.4, 0.5) is 0 Å². The summed E-state index contributed by atoms with van der Waals surface area (Å²) in [5.41, 5.74) is 1.32. The van der Waals surface area contributed by atoms with Crippen molar-refractivity contribution in [3.63, 3.8) is 0 Å². The molecule has 0 fully saturated rings. The third kappa shape index (κ3) is 7.50. The Balaban J connectivity index is 3.63. The van der Waals surface area contributed by atoms with E-state index in [1.165, 1.54) is 50.5 Å². The fourth-order valence-electron chi connectivity index (χ4n) is 1.97. The maximum absolute atomic E-state index is 3.85. The predicted molar refractivity (Wildman–Crippen MR) is 75.6 cm³/mol. The van der Waals surface area contributed by atoms with Gasteiger partial charge < -0.3 is 0 Å². The van der Waals surface area contributed by atoms with Gasteiger partial charge in [0.15, 0.2) is 0 Å². The van der Waals surface area contributed by atoms with Crippen LogP contribution in [0.3, 0.4) is 0 Å². The number of allylic oxidation sites excluding steroid dienone is 4. The Morgan fingerprint density at radius 3 is 2.25 bits per heavy atom. The first-order valence-corrected chi connectivity index (χ1v) is 6.71. The number of hydrogen-bond donors (Lipinski definition) is 0. The van der Waals surface area contributed by atoms with Crippen LogP contribution in [-0.2, 0) is 0 Å². The second-order valence-corrected chi connectivity index (χ2v) is 4.56. The Labute approximate surface area is 102 Å². The summed E-state index contributed by atoms with van der Waals surface area (Å²) in [6.07, 6.45) is 15.4. The van der Waals surface area contributed by atoms with Crippen LogP contribution < -0.4 is 0 Å². The van der Waals surface area contributed by atoms with Gasteiger partial charge in [0.2, 0.25) is 0 Å². The van der Waals surface area contributed by atoms with Crippen molar-refractivity contribution in [1.82, 2.24) is 0 Å². The maximum atomic E-state index is 3.85. The van der Waals surface area contributed by atoms with Crippen LogP contribution in [0.25, 0.3) is 0 Å². The van der Waals surface area contributed by atoms with Gasteiger partial charge in [-0.15, -0.1) is 0 Å². The van der Waals surface area contributed by atoms with Crippen LogP contribution in [0, 0.1) is 5.92 Å². The van der Waals surface area contributed by atoms with E-state index in [1.807, 2.05) is 12.2 Å². The molecule has 0 aliphatic carbocycles. The largest absolute Gasteiger partial charge is 0.0991 e. The van der Waals surface area contributed by atoms with Gasteiger partial charge in [0.05, 0.1) is 0 Å². The van der Waals surface area contributed by atoms with E-state index in [0.717, 1.165) is 0 Å². The molecule has 16 heavy (non-hydrogen) atoms. The van der Waals surface area contributed by atoms with E-state index in [4.69, 9.17) is 0 Å². The van der Waals surface area contributed by atoms with Gasteiger partial charge in [-0.3, -0.25) is 0 Å². The van der Waals surface area contributed by atoms with Gasteiger partial charge in [-0.1, -0.05) is 83.8 Å². The summed E-state index contributed by atoms with van der Waals surface area (Å²) in [4.78, 5) is 0. The standard InChI is InChI=1S/C16H28/c1-5-8-9-10-11-12-14-15(4)16(7-3)13-6-2/h6-7,13,15H,2-3,5,8-12,14H2,1,4H3. The predicted octanol–water partition coefficient (Wildman–Crippen LogP) is 5.67. The molecule has 0 spiro atoms. The zero-order valence-corrected chi connectivity index (χ0v) is 11.2. The molecule has 0 saturated carbocycles. The molecule has 0 aromatic rings. The van der Waals surface area contributed by atoms with Crippen molar-refractivity contribution in [2.75, 3.05) is 0 Å². The Bertz CT molecular complexity index is 210. The highest BCUT2D eigenvalue weighted by Gasteiger charge is 2.04.